The third-order valence-corrected chi connectivity index (χ3v) is 3.38. The summed E-state index contributed by atoms with van der Waals surface area (Å²) in [5, 5.41) is 0.932. The Hall–Kier alpha value is -1.64. The predicted molar refractivity (Wildman–Crippen MR) is 59.8 cm³/mol. The van der Waals surface area contributed by atoms with Crippen molar-refractivity contribution in [3.8, 4) is 0 Å². The number of H-pyrrole nitrogens is 1. The fourth-order valence-electron chi connectivity index (χ4n) is 2.53. The SMILES string of the molecule is O=CC1CCc2[nH]c3ccc(F)cc3c2C1. The summed E-state index contributed by atoms with van der Waals surface area (Å²) in [6.45, 7) is 0. The van der Waals surface area contributed by atoms with Crippen molar-refractivity contribution in [2.45, 2.75) is 19.3 Å². The molecule has 2 nitrogen and oxygen atoms in total. The fourth-order valence-corrected chi connectivity index (χ4v) is 2.53. The summed E-state index contributed by atoms with van der Waals surface area (Å²) in [6, 6.07) is 4.78. The summed E-state index contributed by atoms with van der Waals surface area (Å²) in [4.78, 5) is 14.1. The molecule has 0 amide bonds. The minimum absolute atomic E-state index is 0.0924. The molecule has 0 bridgehead atoms. The number of aromatic amines is 1. The lowest BCUT2D eigenvalue weighted by Crippen LogP contribution is -2.14. The lowest BCUT2D eigenvalue weighted by molar-refractivity contribution is -0.111. The molecule has 1 atom stereocenters. The van der Waals surface area contributed by atoms with Crippen LogP contribution < -0.4 is 0 Å². The van der Waals surface area contributed by atoms with Gasteiger partial charge in [0.05, 0.1) is 0 Å². The van der Waals surface area contributed by atoms with E-state index >= 15 is 0 Å². The highest BCUT2D eigenvalue weighted by molar-refractivity contribution is 5.85. The van der Waals surface area contributed by atoms with Crippen LogP contribution in [0.3, 0.4) is 0 Å². The van der Waals surface area contributed by atoms with Gasteiger partial charge in [0, 0.05) is 22.5 Å². The van der Waals surface area contributed by atoms with Crippen molar-refractivity contribution < 1.29 is 9.18 Å². The van der Waals surface area contributed by atoms with E-state index in [4.69, 9.17) is 0 Å². The van der Waals surface area contributed by atoms with Crippen LogP contribution in [-0.2, 0) is 17.6 Å². The second kappa shape index (κ2) is 3.44. The van der Waals surface area contributed by atoms with Crippen molar-refractivity contribution in [1.29, 1.82) is 0 Å². The highest BCUT2D eigenvalue weighted by atomic mass is 19.1. The van der Waals surface area contributed by atoms with Crippen LogP contribution in [0.5, 0.6) is 0 Å². The number of rotatable bonds is 1. The van der Waals surface area contributed by atoms with Gasteiger partial charge in [-0.1, -0.05) is 0 Å². The van der Waals surface area contributed by atoms with E-state index in [-0.39, 0.29) is 11.7 Å². The number of carbonyl (C=O) groups is 1. The van der Waals surface area contributed by atoms with Crippen LogP contribution in [0.1, 0.15) is 17.7 Å². The summed E-state index contributed by atoms with van der Waals surface area (Å²) in [7, 11) is 0. The van der Waals surface area contributed by atoms with Crippen molar-refractivity contribution >= 4 is 17.2 Å². The molecule has 16 heavy (non-hydrogen) atoms. The zero-order valence-electron chi connectivity index (χ0n) is 8.79. The molecule has 0 spiro atoms. The molecule has 1 heterocycles. The molecule has 82 valence electrons. The average Bonchev–Trinajstić information content (AvgIpc) is 2.66. The Morgan fingerprint density at radius 3 is 3.12 bits per heavy atom. The molecule has 0 radical (unpaired) electrons. The molecular weight excluding hydrogens is 205 g/mol. The van der Waals surface area contributed by atoms with Gasteiger partial charge in [-0.05, 0) is 43.0 Å². The Bertz CT molecular complexity index is 558. The van der Waals surface area contributed by atoms with E-state index in [0.717, 1.165) is 42.0 Å². The number of aromatic nitrogens is 1. The zero-order chi connectivity index (χ0) is 11.1. The van der Waals surface area contributed by atoms with E-state index in [1.165, 1.54) is 11.8 Å². The normalized spacial score (nSPS) is 19.7. The fraction of sp³-hybridized carbons (Fsp3) is 0.308. The van der Waals surface area contributed by atoms with Crippen molar-refractivity contribution in [2.24, 2.45) is 5.92 Å². The van der Waals surface area contributed by atoms with Crippen LogP contribution in [-0.4, -0.2) is 11.3 Å². The maximum Gasteiger partial charge on any atom is 0.123 e. The van der Waals surface area contributed by atoms with Gasteiger partial charge < -0.3 is 9.78 Å². The second-order valence-corrected chi connectivity index (χ2v) is 4.41. The molecule has 1 aromatic carbocycles. The highest BCUT2D eigenvalue weighted by Crippen LogP contribution is 2.31. The van der Waals surface area contributed by atoms with Crippen LogP contribution in [0, 0.1) is 11.7 Å². The quantitative estimate of drug-likeness (QED) is 0.732. The molecule has 3 heteroatoms. The van der Waals surface area contributed by atoms with E-state index < -0.39 is 0 Å². The van der Waals surface area contributed by atoms with E-state index in [0.29, 0.717) is 0 Å². The third-order valence-electron chi connectivity index (χ3n) is 3.38. The Morgan fingerprint density at radius 2 is 2.31 bits per heavy atom. The minimum atomic E-state index is -0.220. The van der Waals surface area contributed by atoms with E-state index in [9.17, 15) is 9.18 Å². The van der Waals surface area contributed by atoms with Crippen LogP contribution >= 0.6 is 0 Å². The number of fused-ring (bicyclic) bond motifs is 3. The standard InChI is InChI=1S/C13H12FNO/c14-9-2-4-13-11(6-9)10-5-8(7-16)1-3-12(10)15-13/h2,4,6-8,15H,1,3,5H2. The Balaban J connectivity index is 2.19. The van der Waals surface area contributed by atoms with Crippen LogP contribution in [0.2, 0.25) is 0 Å². The number of carbonyl (C=O) groups excluding carboxylic acids is 1. The monoisotopic (exact) mass is 217 g/mol. The van der Waals surface area contributed by atoms with Crippen molar-refractivity contribution in [2.75, 3.05) is 0 Å². The molecule has 0 saturated carbocycles. The van der Waals surface area contributed by atoms with Crippen molar-refractivity contribution in [1.82, 2.24) is 4.98 Å². The lowest BCUT2D eigenvalue weighted by atomic mass is 9.87. The number of nitrogens with one attached hydrogen (secondary N) is 1. The Morgan fingerprint density at radius 1 is 1.44 bits per heavy atom. The largest absolute Gasteiger partial charge is 0.358 e. The minimum Gasteiger partial charge on any atom is -0.358 e. The van der Waals surface area contributed by atoms with Gasteiger partial charge in [-0.2, -0.15) is 0 Å². The van der Waals surface area contributed by atoms with Crippen LogP contribution in [0.15, 0.2) is 18.2 Å². The van der Waals surface area contributed by atoms with Gasteiger partial charge in [0.1, 0.15) is 12.1 Å². The number of aldehydes is 1. The summed E-state index contributed by atoms with van der Waals surface area (Å²) in [5.74, 6) is -0.128. The number of halogens is 1. The topological polar surface area (TPSA) is 32.9 Å². The molecular formula is C13H12FNO. The Kier molecular flexibility index (Phi) is 2.06. The first-order chi connectivity index (χ1) is 7.78. The molecule has 1 unspecified atom stereocenters. The van der Waals surface area contributed by atoms with Gasteiger partial charge in [-0.15, -0.1) is 0 Å². The first kappa shape index (κ1) is 9.58. The zero-order valence-corrected chi connectivity index (χ0v) is 8.79. The molecule has 2 aromatic rings. The van der Waals surface area contributed by atoms with Crippen molar-refractivity contribution in [3.63, 3.8) is 0 Å². The van der Waals surface area contributed by atoms with Crippen LogP contribution in [0.25, 0.3) is 10.9 Å². The molecule has 1 N–H and O–H groups in total. The number of hydrogen-bond donors (Lipinski definition) is 1. The van der Waals surface area contributed by atoms with Gasteiger partial charge in [0.2, 0.25) is 0 Å². The van der Waals surface area contributed by atoms with Gasteiger partial charge in [0.25, 0.3) is 0 Å². The summed E-state index contributed by atoms with van der Waals surface area (Å²) >= 11 is 0. The smallest absolute Gasteiger partial charge is 0.123 e. The average molecular weight is 217 g/mol. The molecule has 1 aliphatic rings. The molecule has 3 rings (SSSR count). The first-order valence-electron chi connectivity index (χ1n) is 5.52. The van der Waals surface area contributed by atoms with Gasteiger partial charge >= 0.3 is 0 Å². The second-order valence-electron chi connectivity index (χ2n) is 4.41. The predicted octanol–water partition coefficient (Wildman–Crippen LogP) is 2.61. The van der Waals surface area contributed by atoms with E-state index in [2.05, 4.69) is 4.98 Å². The van der Waals surface area contributed by atoms with E-state index in [1.807, 2.05) is 0 Å². The van der Waals surface area contributed by atoms with Gasteiger partial charge in [-0.25, -0.2) is 4.39 Å². The lowest BCUT2D eigenvalue weighted by Gasteiger charge is -2.16. The van der Waals surface area contributed by atoms with Crippen molar-refractivity contribution in [3.05, 3.63) is 35.3 Å². The Labute approximate surface area is 92.5 Å². The molecule has 0 saturated heterocycles. The van der Waals surface area contributed by atoms with Crippen LogP contribution in [0.4, 0.5) is 4.39 Å². The third kappa shape index (κ3) is 1.35. The molecule has 1 aliphatic carbocycles. The molecule has 0 fully saturated rings. The summed E-state index contributed by atoms with van der Waals surface area (Å²) in [6.07, 6.45) is 3.53. The van der Waals surface area contributed by atoms with E-state index in [1.54, 1.807) is 12.1 Å². The number of hydrogen-bond acceptors (Lipinski definition) is 1. The highest BCUT2D eigenvalue weighted by Gasteiger charge is 2.22. The maximum atomic E-state index is 13.2. The molecule has 0 aliphatic heterocycles. The summed E-state index contributed by atoms with van der Waals surface area (Å²) in [5.41, 5.74) is 3.26. The number of aryl methyl sites for hydroxylation is 1. The summed E-state index contributed by atoms with van der Waals surface area (Å²) < 4.78 is 13.2. The number of benzene rings is 1. The first-order valence-corrected chi connectivity index (χ1v) is 5.52. The maximum absolute atomic E-state index is 13.2. The molecule has 1 aromatic heterocycles. The van der Waals surface area contributed by atoms with Gasteiger partial charge in [0.15, 0.2) is 0 Å². The van der Waals surface area contributed by atoms with Gasteiger partial charge in [-0.3, -0.25) is 0 Å².